The number of hydrogen-bond donors (Lipinski definition) is 0. The van der Waals surface area contributed by atoms with Gasteiger partial charge in [-0.1, -0.05) is 33.3 Å². The number of hydrogen-bond acceptors (Lipinski definition) is 1. The Hall–Kier alpha value is -0.770. The first kappa shape index (κ1) is 10.7. The number of fused-ring (bicyclic) bond motifs is 1. The van der Waals surface area contributed by atoms with Crippen molar-refractivity contribution in [1.82, 2.24) is 0 Å². The molecule has 1 nitrogen and oxygen atoms in total. The van der Waals surface area contributed by atoms with Gasteiger partial charge in [-0.15, -0.1) is 0 Å². The number of nitrogens with zero attached hydrogens (tertiary/aromatic N) is 1. The molecule has 2 rings (SSSR count). The maximum atomic E-state index is 9.25. The van der Waals surface area contributed by atoms with Crippen LogP contribution in [0.1, 0.15) is 52.9 Å². The molecule has 0 aliphatic heterocycles. The molecular weight excluding hydrogens is 182 g/mol. The first-order valence-corrected chi connectivity index (χ1v) is 6.11. The molecule has 1 saturated carbocycles. The lowest BCUT2D eigenvalue weighted by Gasteiger charge is -2.52. The van der Waals surface area contributed by atoms with Crippen molar-refractivity contribution in [3.63, 3.8) is 0 Å². The molecule has 0 unspecified atom stereocenters. The summed E-state index contributed by atoms with van der Waals surface area (Å²) in [7, 11) is 0. The molecule has 0 spiro atoms. The molecule has 15 heavy (non-hydrogen) atoms. The third-order valence-electron chi connectivity index (χ3n) is 4.77. The Morgan fingerprint density at radius 2 is 2.07 bits per heavy atom. The van der Waals surface area contributed by atoms with Gasteiger partial charge in [-0.05, 0) is 37.0 Å². The Bertz CT molecular complexity index is 332. The minimum Gasteiger partial charge on any atom is -0.193 e. The van der Waals surface area contributed by atoms with Crippen LogP contribution in [0.15, 0.2) is 11.6 Å². The Morgan fingerprint density at radius 1 is 1.33 bits per heavy atom. The van der Waals surface area contributed by atoms with E-state index in [1.165, 1.54) is 25.7 Å². The van der Waals surface area contributed by atoms with Crippen LogP contribution in [0.5, 0.6) is 0 Å². The lowest BCUT2D eigenvalue weighted by atomic mass is 9.51. The van der Waals surface area contributed by atoms with Crippen molar-refractivity contribution in [3.05, 3.63) is 11.6 Å². The van der Waals surface area contributed by atoms with Crippen LogP contribution < -0.4 is 0 Å². The highest BCUT2D eigenvalue weighted by atomic mass is 14.5. The van der Waals surface area contributed by atoms with Crippen LogP contribution >= 0.6 is 0 Å². The lowest BCUT2D eigenvalue weighted by Crippen LogP contribution is -2.44. The molecule has 0 aromatic carbocycles. The summed E-state index contributed by atoms with van der Waals surface area (Å²) in [4.78, 5) is 0. The van der Waals surface area contributed by atoms with E-state index < -0.39 is 0 Å². The van der Waals surface area contributed by atoms with Crippen molar-refractivity contribution < 1.29 is 0 Å². The van der Waals surface area contributed by atoms with E-state index >= 15 is 0 Å². The number of nitriles is 1. The highest BCUT2D eigenvalue weighted by molar-refractivity contribution is 5.32. The molecule has 82 valence electrons. The second-order valence-corrected chi connectivity index (χ2v) is 6.12. The van der Waals surface area contributed by atoms with Gasteiger partial charge in [-0.25, -0.2) is 0 Å². The summed E-state index contributed by atoms with van der Waals surface area (Å²) < 4.78 is 0. The summed E-state index contributed by atoms with van der Waals surface area (Å²) in [6, 6.07) is 2.44. The summed E-state index contributed by atoms with van der Waals surface area (Å²) in [5, 5.41) is 9.25. The lowest BCUT2D eigenvalue weighted by molar-refractivity contribution is 0.0179. The van der Waals surface area contributed by atoms with Gasteiger partial charge in [0.2, 0.25) is 0 Å². The van der Waals surface area contributed by atoms with Crippen molar-refractivity contribution in [3.8, 4) is 6.07 Å². The van der Waals surface area contributed by atoms with Crippen LogP contribution in [0, 0.1) is 28.1 Å². The molecule has 0 radical (unpaired) electrons. The maximum Gasteiger partial charge on any atom is 0.0949 e. The van der Waals surface area contributed by atoms with Crippen LogP contribution in [0.3, 0.4) is 0 Å². The minimum absolute atomic E-state index is 0.175. The Morgan fingerprint density at radius 3 is 2.73 bits per heavy atom. The van der Waals surface area contributed by atoms with Crippen molar-refractivity contribution in [2.45, 2.75) is 52.9 Å². The fraction of sp³-hybridized carbons (Fsp3) is 0.786. The van der Waals surface area contributed by atoms with Gasteiger partial charge in [0.05, 0.1) is 6.07 Å². The van der Waals surface area contributed by atoms with Crippen molar-refractivity contribution in [2.75, 3.05) is 0 Å². The Labute approximate surface area is 93.2 Å². The van der Waals surface area contributed by atoms with Crippen LogP contribution in [0.2, 0.25) is 0 Å². The second kappa shape index (κ2) is 3.37. The average molecular weight is 203 g/mol. The molecular formula is C14H21N. The van der Waals surface area contributed by atoms with Gasteiger partial charge in [0.25, 0.3) is 0 Å². The molecule has 0 amide bonds. The molecule has 2 atom stereocenters. The zero-order chi connectivity index (χ0) is 11.1. The zero-order valence-electron chi connectivity index (χ0n) is 10.1. The fourth-order valence-electron chi connectivity index (χ4n) is 3.95. The van der Waals surface area contributed by atoms with Gasteiger partial charge in [0.15, 0.2) is 0 Å². The molecule has 0 saturated heterocycles. The van der Waals surface area contributed by atoms with E-state index in [1.54, 1.807) is 0 Å². The fourth-order valence-corrected chi connectivity index (χ4v) is 3.95. The molecule has 1 heteroatoms. The normalized spacial score (nSPS) is 38.8. The SMILES string of the molecule is CC1(C)CCC[C@]2(C)C(C#N)=CCC[C@@H]12. The van der Waals surface area contributed by atoms with Gasteiger partial charge < -0.3 is 0 Å². The summed E-state index contributed by atoms with van der Waals surface area (Å²) in [5.41, 5.74) is 1.66. The molecule has 1 fully saturated rings. The van der Waals surface area contributed by atoms with Crippen LogP contribution in [-0.4, -0.2) is 0 Å². The average Bonchev–Trinajstić information content (AvgIpc) is 2.16. The Balaban J connectivity index is 2.41. The van der Waals surface area contributed by atoms with E-state index in [4.69, 9.17) is 0 Å². The summed E-state index contributed by atoms with van der Waals surface area (Å²) in [6.07, 6.45) is 8.37. The zero-order valence-corrected chi connectivity index (χ0v) is 10.1. The minimum atomic E-state index is 0.175. The first-order chi connectivity index (χ1) is 7.00. The number of allylic oxidation sites excluding steroid dienone is 2. The Kier molecular flexibility index (Phi) is 2.41. The highest BCUT2D eigenvalue weighted by Crippen LogP contribution is 2.57. The predicted octanol–water partition coefficient (Wildman–Crippen LogP) is 4.06. The molecule has 0 aromatic rings. The monoisotopic (exact) mass is 203 g/mol. The molecule has 2 aliphatic carbocycles. The molecule has 0 bridgehead atoms. The first-order valence-electron chi connectivity index (χ1n) is 6.11. The summed E-state index contributed by atoms with van der Waals surface area (Å²) in [5.74, 6) is 0.707. The van der Waals surface area contributed by atoms with Crippen molar-refractivity contribution in [2.24, 2.45) is 16.7 Å². The highest BCUT2D eigenvalue weighted by Gasteiger charge is 2.49. The van der Waals surface area contributed by atoms with E-state index in [2.05, 4.69) is 32.9 Å². The van der Waals surface area contributed by atoms with E-state index in [0.29, 0.717) is 11.3 Å². The van der Waals surface area contributed by atoms with Crippen molar-refractivity contribution >= 4 is 0 Å². The number of rotatable bonds is 0. The van der Waals surface area contributed by atoms with Gasteiger partial charge in [0, 0.05) is 11.0 Å². The predicted molar refractivity (Wildman–Crippen MR) is 62.2 cm³/mol. The maximum absolute atomic E-state index is 9.25. The summed E-state index contributed by atoms with van der Waals surface area (Å²) >= 11 is 0. The van der Waals surface area contributed by atoms with Gasteiger partial charge >= 0.3 is 0 Å². The third-order valence-corrected chi connectivity index (χ3v) is 4.77. The largest absolute Gasteiger partial charge is 0.193 e. The standard InChI is InChI=1S/C14H21N/c1-13(2)8-5-9-14(3)11(10-15)6-4-7-12(13)14/h6,12H,4-5,7-9H2,1-3H3/t12-,14+/m0/s1. The van der Waals surface area contributed by atoms with Crippen molar-refractivity contribution in [1.29, 1.82) is 5.26 Å². The van der Waals surface area contributed by atoms with Crippen LogP contribution in [0.25, 0.3) is 0 Å². The molecule has 0 aromatic heterocycles. The topological polar surface area (TPSA) is 23.8 Å². The molecule has 0 N–H and O–H groups in total. The quantitative estimate of drug-likeness (QED) is 0.582. The molecule has 2 aliphatic rings. The van der Waals surface area contributed by atoms with Gasteiger partial charge in [0.1, 0.15) is 0 Å². The van der Waals surface area contributed by atoms with E-state index in [-0.39, 0.29) is 5.41 Å². The second-order valence-electron chi connectivity index (χ2n) is 6.12. The van der Waals surface area contributed by atoms with E-state index in [9.17, 15) is 5.26 Å². The van der Waals surface area contributed by atoms with E-state index in [1.807, 2.05) is 0 Å². The third kappa shape index (κ3) is 1.51. The smallest absolute Gasteiger partial charge is 0.0949 e. The van der Waals surface area contributed by atoms with Crippen LogP contribution in [-0.2, 0) is 0 Å². The van der Waals surface area contributed by atoms with Gasteiger partial charge in [-0.2, -0.15) is 5.26 Å². The van der Waals surface area contributed by atoms with Gasteiger partial charge in [-0.3, -0.25) is 0 Å². The summed E-state index contributed by atoms with van der Waals surface area (Å²) in [6.45, 7) is 7.08. The molecule has 0 heterocycles. The van der Waals surface area contributed by atoms with E-state index in [0.717, 1.165) is 12.0 Å². The van der Waals surface area contributed by atoms with Crippen LogP contribution in [0.4, 0.5) is 0 Å².